The average Bonchev–Trinajstić information content (AvgIpc) is 3.03. The molecule has 158 valence electrons. The van der Waals surface area contributed by atoms with Gasteiger partial charge in [-0.05, 0) is 43.2 Å². The van der Waals surface area contributed by atoms with Gasteiger partial charge in [0.1, 0.15) is 11.4 Å². The normalized spacial score (nSPS) is 17.8. The Bertz CT molecular complexity index is 1100. The van der Waals surface area contributed by atoms with Gasteiger partial charge in [0, 0.05) is 18.7 Å². The number of sulfonamides is 1. The molecule has 2 aromatic carbocycles. The van der Waals surface area contributed by atoms with Crippen LogP contribution in [0.3, 0.4) is 0 Å². The van der Waals surface area contributed by atoms with Crippen LogP contribution in [0.4, 0.5) is 11.4 Å². The number of halogens is 1. The van der Waals surface area contributed by atoms with Gasteiger partial charge in [-0.3, -0.25) is 14.5 Å². The number of fused-ring (bicyclic) bond motifs is 1. The lowest BCUT2D eigenvalue weighted by atomic mass is 10.1. The second-order valence-electron chi connectivity index (χ2n) is 7.42. The van der Waals surface area contributed by atoms with Gasteiger partial charge >= 0.3 is 0 Å². The third-order valence-electron chi connectivity index (χ3n) is 5.38. The molecule has 4 rings (SSSR count). The average molecular weight is 448 g/mol. The third-order valence-corrected chi connectivity index (χ3v) is 7.76. The van der Waals surface area contributed by atoms with E-state index in [9.17, 15) is 18.0 Å². The summed E-state index contributed by atoms with van der Waals surface area (Å²) >= 11 is 6.24. The fourth-order valence-corrected chi connectivity index (χ4v) is 5.84. The minimum Gasteiger partial charge on any atom is -0.323 e. The van der Waals surface area contributed by atoms with Gasteiger partial charge in [0.25, 0.3) is 5.91 Å². The van der Waals surface area contributed by atoms with Gasteiger partial charge in [-0.15, -0.1) is 0 Å². The molecule has 2 aromatic rings. The number of para-hydroxylation sites is 2. The number of nitrogens with one attached hydrogen (secondary N) is 1. The maximum atomic E-state index is 13.2. The fourth-order valence-electron chi connectivity index (χ4n) is 3.83. The lowest BCUT2D eigenvalue weighted by Crippen LogP contribution is -2.42. The Balaban J connectivity index is 1.70. The molecule has 0 bridgehead atoms. The summed E-state index contributed by atoms with van der Waals surface area (Å²) in [5.74, 6) is -0.769. The highest BCUT2D eigenvalue weighted by atomic mass is 35.5. The van der Waals surface area contributed by atoms with Crippen molar-refractivity contribution in [3.05, 3.63) is 53.1 Å². The maximum Gasteiger partial charge on any atom is 0.258 e. The zero-order valence-electron chi connectivity index (χ0n) is 16.3. The van der Waals surface area contributed by atoms with Gasteiger partial charge in [0.05, 0.1) is 16.4 Å². The first-order valence-corrected chi connectivity index (χ1v) is 11.7. The molecular weight excluding hydrogens is 426 g/mol. The summed E-state index contributed by atoms with van der Waals surface area (Å²) in [5, 5.41) is 2.81. The number of carbonyl (C=O) groups is 2. The second-order valence-corrected chi connectivity index (χ2v) is 9.73. The van der Waals surface area contributed by atoms with Crippen molar-refractivity contribution in [2.45, 2.75) is 30.6 Å². The van der Waals surface area contributed by atoms with Crippen molar-refractivity contribution < 1.29 is 18.0 Å². The summed E-state index contributed by atoms with van der Waals surface area (Å²) in [4.78, 5) is 26.6. The molecule has 0 spiro atoms. The van der Waals surface area contributed by atoms with Crippen LogP contribution in [-0.2, 0) is 14.8 Å². The molecule has 2 heterocycles. The molecular formula is C21H22ClN3O4S. The van der Waals surface area contributed by atoms with Gasteiger partial charge in [-0.25, -0.2) is 8.42 Å². The van der Waals surface area contributed by atoms with E-state index in [4.69, 9.17) is 11.6 Å². The molecule has 7 nitrogen and oxygen atoms in total. The molecule has 2 amide bonds. The molecule has 0 saturated carbocycles. The van der Waals surface area contributed by atoms with Crippen LogP contribution in [0, 0.1) is 0 Å². The smallest absolute Gasteiger partial charge is 0.258 e. The van der Waals surface area contributed by atoms with E-state index in [0.717, 1.165) is 25.7 Å². The summed E-state index contributed by atoms with van der Waals surface area (Å²) in [7, 11) is -3.82. The molecule has 30 heavy (non-hydrogen) atoms. The van der Waals surface area contributed by atoms with E-state index in [0.29, 0.717) is 24.5 Å². The first-order chi connectivity index (χ1) is 14.4. The number of rotatable bonds is 3. The maximum absolute atomic E-state index is 13.2. The van der Waals surface area contributed by atoms with Crippen LogP contribution in [0.15, 0.2) is 47.4 Å². The highest BCUT2D eigenvalue weighted by molar-refractivity contribution is 7.89. The molecule has 0 radical (unpaired) electrons. The van der Waals surface area contributed by atoms with Crippen LogP contribution >= 0.6 is 11.6 Å². The largest absolute Gasteiger partial charge is 0.323 e. The van der Waals surface area contributed by atoms with Crippen LogP contribution < -0.4 is 10.2 Å². The van der Waals surface area contributed by atoms with Crippen LogP contribution in [-0.4, -0.2) is 44.2 Å². The lowest BCUT2D eigenvalue weighted by molar-refractivity contribution is -0.115. The van der Waals surface area contributed by atoms with E-state index in [1.807, 2.05) is 0 Å². The standard InChI is InChI=1S/C21H22ClN3O4S/c22-16-10-9-15(13-19(16)30(28,29)24-11-5-1-2-6-12-24)21(27)25-14-20(26)23-17-7-3-4-8-18(17)25/h3-4,7-10,13H,1-2,5-6,11-12,14H2,(H,23,26). The van der Waals surface area contributed by atoms with Crippen LogP contribution in [0.2, 0.25) is 5.02 Å². The molecule has 1 fully saturated rings. The van der Waals surface area contributed by atoms with Crippen LogP contribution in [0.1, 0.15) is 36.0 Å². The Morgan fingerprint density at radius 2 is 1.70 bits per heavy atom. The molecule has 0 aromatic heterocycles. The molecule has 0 aliphatic carbocycles. The number of nitrogens with zero attached hydrogens (tertiary/aromatic N) is 2. The summed E-state index contributed by atoms with van der Waals surface area (Å²) < 4.78 is 27.9. The third kappa shape index (κ3) is 3.95. The molecule has 1 saturated heterocycles. The summed E-state index contributed by atoms with van der Waals surface area (Å²) in [6, 6.07) is 11.2. The zero-order valence-corrected chi connectivity index (χ0v) is 17.9. The van der Waals surface area contributed by atoms with Crippen molar-refractivity contribution in [3.8, 4) is 0 Å². The monoisotopic (exact) mass is 447 g/mol. The van der Waals surface area contributed by atoms with Crippen LogP contribution in [0.5, 0.6) is 0 Å². The van der Waals surface area contributed by atoms with Gasteiger partial charge in [-0.2, -0.15) is 4.31 Å². The van der Waals surface area contributed by atoms with E-state index in [2.05, 4.69) is 5.32 Å². The summed E-state index contributed by atoms with van der Waals surface area (Å²) in [6.07, 6.45) is 3.59. The van der Waals surface area contributed by atoms with Crippen molar-refractivity contribution in [1.82, 2.24) is 4.31 Å². The first kappa shape index (κ1) is 20.8. The molecule has 0 atom stereocenters. The van der Waals surface area contributed by atoms with E-state index >= 15 is 0 Å². The first-order valence-electron chi connectivity index (χ1n) is 9.88. The minimum atomic E-state index is -3.82. The van der Waals surface area contributed by atoms with Crippen molar-refractivity contribution >= 4 is 44.8 Å². The van der Waals surface area contributed by atoms with Gasteiger partial charge in [-0.1, -0.05) is 36.6 Å². The molecule has 0 unspecified atom stereocenters. The summed E-state index contributed by atoms with van der Waals surface area (Å²) in [6.45, 7) is 0.736. The molecule has 2 aliphatic heterocycles. The van der Waals surface area contributed by atoms with E-state index in [1.165, 1.54) is 27.4 Å². The van der Waals surface area contributed by atoms with Gasteiger partial charge in [0.2, 0.25) is 15.9 Å². The predicted molar refractivity (Wildman–Crippen MR) is 115 cm³/mol. The number of anilines is 2. The number of hydrogen-bond donors (Lipinski definition) is 1. The lowest BCUT2D eigenvalue weighted by Gasteiger charge is -2.29. The molecule has 2 aliphatic rings. The van der Waals surface area contributed by atoms with Crippen molar-refractivity contribution in [2.75, 3.05) is 29.9 Å². The quantitative estimate of drug-likeness (QED) is 0.780. The van der Waals surface area contributed by atoms with Crippen LogP contribution in [0.25, 0.3) is 0 Å². The Labute approximate surface area is 180 Å². The summed E-state index contributed by atoms with van der Waals surface area (Å²) in [5.41, 5.74) is 1.26. The van der Waals surface area contributed by atoms with E-state index < -0.39 is 15.9 Å². The SMILES string of the molecule is O=C1CN(C(=O)c2ccc(Cl)c(S(=O)(=O)N3CCCCCC3)c2)c2ccccc2N1. The minimum absolute atomic E-state index is 0.0765. The number of carbonyl (C=O) groups excluding carboxylic acids is 2. The van der Waals surface area contributed by atoms with Gasteiger partial charge in [0.15, 0.2) is 0 Å². The van der Waals surface area contributed by atoms with Crippen molar-refractivity contribution in [3.63, 3.8) is 0 Å². The highest BCUT2D eigenvalue weighted by Crippen LogP contribution is 2.32. The Morgan fingerprint density at radius 3 is 2.43 bits per heavy atom. The van der Waals surface area contributed by atoms with Gasteiger partial charge < -0.3 is 5.32 Å². The molecule has 9 heteroatoms. The Kier molecular flexibility index (Phi) is 5.81. The van der Waals surface area contributed by atoms with Crippen molar-refractivity contribution in [1.29, 1.82) is 0 Å². The predicted octanol–water partition coefficient (Wildman–Crippen LogP) is 3.50. The fraction of sp³-hybridized carbons (Fsp3) is 0.333. The molecule has 1 N–H and O–H groups in total. The second kappa shape index (κ2) is 8.37. The number of benzene rings is 2. The van der Waals surface area contributed by atoms with E-state index in [-0.39, 0.29) is 27.9 Å². The Hall–Kier alpha value is -2.42. The highest BCUT2D eigenvalue weighted by Gasteiger charge is 2.31. The topological polar surface area (TPSA) is 86.8 Å². The Morgan fingerprint density at radius 1 is 1.00 bits per heavy atom. The van der Waals surface area contributed by atoms with Crippen molar-refractivity contribution in [2.24, 2.45) is 0 Å². The zero-order chi connectivity index (χ0) is 21.3. The number of amides is 2. The van der Waals surface area contributed by atoms with E-state index in [1.54, 1.807) is 24.3 Å². The number of hydrogen-bond acceptors (Lipinski definition) is 4.